The minimum Gasteiger partial charge on any atom is -0.426 e. The van der Waals surface area contributed by atoms with Gasteiger partial charge in [0.05, 0.1) is 13.0 Å². The number of carbonyl (C=O) groups is 1. The first-order valence-electron chi connectivity index (χ1n) is 8.38. The van der Waals surface area contributed by atoms with Crippen molar-refractivity contribution >= 4 is 14.5 Å². The monoisotopic (exact) mass is 366 g/mol. The number of benzene rings is 1. The standard InChI is InChI=1S/C18H27N2O4P/c1-15(2)20(16(3)4)25(23-14-12-19-5)22-13-11-18(21)24-17-9-7-6-8-10-17/h6-10,15-16H,11-14H2,1-4H3. The molecule has 0 heterocycles. The molecule has 0 N–H and O–H groups in total. The van der Waals surface area contributed by atoms with E-state index in [0.29, 0.717) is 18.9 Å². The van der Waals surface area contributed by atoms with Crippen molar-refractivity contribution in [1.29, 1.82) is 0 Å². The van der Waals surface area contributed by atoms with Crippen molar-refractivity contribution in [3.63, 3.8) is 0 Å². The Hall–Kier alpha value is -1.51. The molecule has 0 aliphatic rings. The number of nitrogens with zero attached hydrogens (tertiary/aromatic N) is 2. The van der Waals surface area contributed by atoms with Crippen LogP contribution in [0.1, 0.15) is 34.1 Å². The van der Waals surface area contributed by atoms with Crippen molar-refractivity contribution in [2.45, 2.75) is 46.2 Å². The Morgan fingerprint density at radius 3 is 2.28 bits per heavy atom. The predicted molar refractivity (Wildman–Crippen MR) is 99.1 cm³/mol. The van der Waals surface area contributed by atoms with E-state index in [1.54, 1.807) is 12.1 Å². The molecule has 0 bridgehead atoms. The number of para-hydroxylation sites is 1. The molecule has 1 aromatic carbocycles. The molecule has 0 aliphatic carbocycles. The molecule has 0 saturated carbocycles. The lowest BCUT2D eigenvalue weighted by molar-refractivity contribution is -0.134. The third kappa shape index (κ3) is 8.42. The van der Waals surface area contributed by atoms with Crippen molar-refractivity contribution in [1.82, 2.24) is 4.67 Å². The van der Waals surface area contributed by atoms with Gasteiger partial charge in [0, 0.05) is 12.1 Å². The summed E-state index contributed by atoms with van der Waals surface area (Å²) in [6.07, 6.45) is 0.143. The van der Waals surface area contributed by atoms with E-state index in [4.69, 9.17) is 20.4 Å². The number of esters is 1. The van der Waals surface area contributed by atoms with Gasteiger partial charge < -0.3 is 18.6 Å². The van der Waals surface area contributed by atoms with Gasteiger partial charge in [-0.15, -0.1) is 0 Å². The maximum atomic E-state index is 11.9. The second kappa shape index (κ2) is 11.9. The van der Waals surface area contributed by atoms with E-state index in [2.05, 4.69) is 37.2 Å². The van der Waals surface area contributed by atoms with Crippen LogP contribution in [0.15, 0.2) is 30.3 Å². The van der Waals surface area contributed by atoms with E-state index in [1.807, 2.05) is 18.2 Å². The highest BCUT2D eigenvalue weighted by molar-refractivity contribution is 7.44. The first-order chi connectivity index (χ1) is 12.0. The van der Waals surface area contributed by atoms with Gasteiger partial charge in [0.25, 0.3) is 8.53 Å². The molecule has 0 aliphatic heterocycles. The topological polar surface area (TPSA) is 52.4 Å². The summed E-state index contributed by atoms with van der Waals surface area (Å²) >= 11 is 0. The maximum Gasteiger partial charge on any atom is 0.313 e. The molecule has 7 heteroatoms. The van der Waals surface area contributed by atoms with Crippen LogP contribution in [-0.4, -0.2) is 42.5 Å². The number of rotatable bonds is 11. The summed E-state index contributed by atoms with van der Waals surface area (Å²) in [5.41, 5.74) is 0. The van der Waals surface area contributed by atoms with E-state index in [9.17, 15) is 4.79 Å². The normalized spacial score (nSPS) is 12.4. The summed E-state index contributed by atoms with van der Waals surface area (Å²) in [5.74, 6) is 0.178. The number of hydrogen-bond acceptors (Lipinski definition) is 5. The maximum absolute atomic E-state index is 11.9. The summed E-state index contributed by atoms with van der Waals surface area (Å²) in [5, 5.41) is 0. The molecule has 0 fully saturated rings. The Balaban J connectivity index is 2.53. The minimum absolute atomic E-state index is 0.143. The number of carbonyl (C=O) groups excluding carboxylic acids is 1. The molecule has 1 rings (SSSR count). The van der Waals surface area contributed by atoms with Crippen LogP contribution >= 0.6 is 8.53 Å². The Morgan fingerprint density at radius 2 is 1.72 bits per heavy atom. The summed E-state index contributed by atoms with van der Waals surface area (Å²) in [6, 6.07) is 9.42. The summed E-state index contributed by atoms with van der Waals surface area (Å²) < 4.78 is 19.0. The highest BCUT2D eigenvalue weighted by Crippen LogP contribution is 2.45. The first-order valence-corrected chi connectivity index (χ1v) is 9.52. The van der Waals surface area contributed by atoms with Crippen LogP contribution in [0.25, 0.3) is 4.85 Å². The molecule has 0 spiro atoms. The SMILES string of the molecule is [C-]#[N+]CCOP(OCCC(=O)Oc1ccccc1)N(C(C)C)C(C)C. The Labute approximate surface area is 151 Å². The molecule has 25 heavy (non-hydrogen) atoms. The van der Waals surface area contributed by atoms with Gasteiger partial charge in [-0.05, 0) is 39.8 Å². The van der Waals surface area contributed by atoms with Gasteiger partial charge in [-0.1, -0.05) is 18.2 Å². The highest BCUT2D eigenvalue weighted by Gasteiger charge is 2.27. The third-order valence-corrected chi connectivity index (χ3v) is 5.24. The second-order valence-corrected chi connectivity index (χ2v) is 7.34. The Bertz CT molecular complexity index is 538. The van der Waals surface area contributed by atoms with Crippen LogP contribution in [-0.2, 0) is 13.8 Å². The lowest BCUT2D eigenvalue weighted by Crippen LogP contribution is -2.34. The van der Waals surface area contributed by atoms with E-state index in [-0.39, 0.29) is 31.1 Å². The van der Waals surface area contributed by atoms with Crippen molar-refractivity contribution in [2.24, 2.45) is 0 Å². The average molecular weight is 366 g/mol. The zero-order valence-electron chi connectivity index (χ0n) is 15.3. The number of ether oxygens (including phenoxy) is 1. The van der Waals surface area contributed by atoms with Gasteiger partial charge in [0.15, 0.2) is 0 Å². The molecular formula is C18H27N2O4P. The van der Waals surface area contributed by atoms with Crippen molar-refractivity contribution in [3.05, 3.63) is 41.7 Å². The third-order valence-electron chi connectivity index (χ3n) is 3.13. The molecule has 138 valence electrons. The second-order valence-electron chi connectivity index (χ2n) is 5.89. The Morgan fingerprint density at radius 1 is 1.12 bits per heavy atom. The summed E-state index contributed by atoms with van der Waals surface area (Å²) in [7, 11) is -1.32. The molecule has 1 unspecified atom stereocenters. The van der Waals surface area contributed by atoms with Gasteiger partial charge in [0.1, 0.15) is 12.4 Å². The molecular weight excluding hydrogens is 339 g/mol. The van der Waals surface area contributed by atoms with Crippen molar-refractivity contribution < 1.29 is 18.6 Å². The summed E-state index contributed by atoms with van der Waals surface area (Å²) in [6.45, 7) is 16.0. The lowest BCUT2D eigenvalue weighted by atomic mass is 10.3. The van der Waals surface area contributed by atoms with E-state index < -0.39 is 8.53 Å². The van der Waals surface area contributed by atoms with Crippen molar-refractivity contribution in [2.75, 3.05) is 19.8 Å². The van der Waals surface area contributed by atoms with E-state index >= 15 is 0 Å². The highest BCUT2D eigenvalue weighted by atomic mass is 31.2. The fourth-order valence-corrected chi connectivity index (χ4v) is 3.77. The molecule has 0 radical (unpaired) electrons. The smallest absolute Gasteiger partial charge is 0.313 e. The van der Waals surface area contributed by atoms with Crippen LogP contribution in [0.3, 0.4) is 0 Å². The van der Waals surface area contributed by atoms with Crippen LogP contribution in [0.2, 0.25) is 0 Å². The largest absolute Gasteiger partial charge is 0.426 e. The minimum atomic E-state index is -1.32. The molecule has 0 aromatic heterocycles. The summed E-state index contributed by atoms with van der Waals surface area (Å²) in [4.78, 5) is 15.2. The molecule has 0 amide bonds. The van der Waals surface area contributed by atoms with Gasteiger partial charge in [-0.25, -0.2) is 11.2 Å². The zero-order valence-corrected chi connectivity index (χ0v) is 16.2. The van der Waals surface area contributed by atoms with Crippen molar-refractivity contribution in [3.8, 4) is 5.75 Å². The van der Waals surface area contributed by atoms with E-state index in [1.165, 1.54) is 0 Å². The Kier molecular flexibility index (Phi) is 10.3. The average Bonchev–Trinajstić information content (AvgIpc) is 2.55. The molecule has 6 nitrogen and oxygen atoms in total. The zero-order chi connectivity index (χ0) is 18.7. The van der Waals surface area contributed by atoms with E-state index in [0.717, 1.165) is 0 Å². The van der Waals surface area contributed by atoms with Crippen LogP contribution in [0.5, 0.6) is 5.75 Å². The van der Waals surface area contributed by atoms with Gasteiger partial charge in [-0.3, -0.25) is 4.79 Å². The molecule has 0 saturated heterocycles. The number of hydrogen-bond donors (Lipinski definition) is 0. The fourth-order valence-electron chi connectivity index (χ4n) is 2.19. The lowest BCUT2D eigenvalue weighted by Gasteiger charge is -2.35. The van der Waals surface area contributed by atoms with Crippen LogP contribution < -0.4 is 4.74 Å². The van der Waals surface area contributed by atoms with Crippen LogP contribution in [0.4, 0.5) is 0 Å². The quantitative estimate of drug-likeness (QED) is 0.192. The van der Waals surface area contributed by atoms with Gasteiger partial charge >= 0.3 is 5.97 Å². The fraction of sp³-hybridized carbons (Fsp3) is 0.556. The van der Waals surface area contributed by atoms with Gasteiger partial charge in [-0.2, -0.15) is 0 Å². The van der Waals surface area contributed by atoms with Crippen LogP contribution in [0, 0.1) is 6.57 Å². The van der Waals surface area contributed by atoms with Gasteiger partial charge in [0.2, 0.25) is 6.54 Å². The first kappa shape index (κ1) is 21.5. The molecule has 1 aromatic rings. The molecule has 1 atom stereocenters. The predicted octanol–water partition coefficient (Wildman–Crippen LogP) is 4.28.